The highest BCUT2D eigenvalue weighted by Crippen LogP contribution is 2.16. The first-order valence-electron chi connectivity index (χ1n) is 3.89. The highest BCUT2D eigenvalue weighted by molar-refractivity contribution is 6.33. The number of aromatic carboxylic acids is 1. The lowest BCUT2D eigenvalue weighted by atomic mass is 10.3. The summed E-state index contributed by atoms with van der Waals surface area (Å²) in [7, 11) is 0. The molecule has 0 atom stereocenters. The van der Waals surface area contributed by atoms with Gasteiger partial charge in [-0.2, -0.15) is 0 Å². The van der Waals surface area contributed by atoms with Crippen molar-refractivity contribution < 1.29 is 9.90 Å². The van der Waals surface area contributed by atoms with Gasteiger partial charge in [-0.3, -0.25) is 0 Å². The molecular weight excluding hydrogens is 204 g/mol. The molecule has 4 nitrogen and oxygen atoms in total. The van der Waals surface area contributed by atoms with Gasteiger partial charge in [0.1, 0.15) is 5.82 Å². The number of carboxylic acids is 1. The third-order valence-corrected chi connectivity index (χ3v) is 1.78. The Morgan fingerprint density at radius 3 is 3.00 bits per heavy atom. The van der Waals surface area contributed by atoms with Crippen molar-refractivity contribution in [2.24, 2.45) is 0 Å². The molecule has 0 aliphatic carbocycles. The number of hydrogen-bond acceptors (Lipinski definition) is 3. The Kier molecular flexibility index (Phi) is 3.48. The largest absolute Gasteiger partial charge is 0.476 e. The van der Waals surface area contributed by atoms with Gasteiger partial charge in [-0.25, -0.2) is 9.78 Å². The summed E-state index contributed by atoms with van der Waals surface area (Å²) in [5, 5.41) is 11.7. The Morgan fingerprint density at radius 2 is 2.43 bits per heavy atom. The number of pyridine rings is 1. The van der Waals surface area contributed by atoms with Crippen molar-refractivity contribution in [3.8, 4) is 0 Å². The van der Waals surface area contributed by atoms with Gasteiger partial charge in [0.2, 0.25) is 0 Å². The van der Waals surface area contributed by atoms with Crippen LogP contribution in [0.1, 0.15) is 10.5 Å². The van der Waals surface area contributed by atoms with Crippen LogP contribution in [0.5, 0.6) is 0 Å². The van der Waals surface area contributed by atoms with Crippen LogP contribution >= 0.6 is 11.6 Å². The first-order chi connectivity index (χ1) is 6.65. The van der Waals surface area contributed by atoms with Crippen LogP contribution in [0, 0.1) is 0 Å². The SMILES string of the molecule is C=CCNc1ccc(Cl)c(C(=O)O)n1. The van der Waals surface area contributed by atoms with Crippen LogP contribution in [0.15, 0.2) is 24.8 Å². The molecule has 14 heavy (non-hydrogen) atoms. The van der Waals surface area contributed by atoms with Gasteiger partial charge in [0.15, 0.2) is 5.69 Å². The Morgan fingerprint density at radius 1 is 1.71 bits per heavy atom. The summed E-state index contributed by atoms with van der Waals surface area (Å²) in [5.41, 5.74) is -0.152. The van der Waals surface area contributed by atoms with E-state index in [1.54, 1.807) is 12.1 Å². The summed E-state index contributed by atoms with van der Waals surface area (Å²) in [4.78, 5) is 14.5. The third-order valence-electron chi connectivity index (χ3n) is 1.48. The quantitative estimate of drug-likeness (QED) is 0.750. The van der Waals surface area contributed by atoms with Crippen molar-refractivity contribution in [3.05, 3.63) is 35.5 Å². The molecular formula is C9H9ClN2O2. The molecule has 5 heteroatoms. The van der Waals surface area contributed by atoms with Crippen molar-refractivity contribution in [2.75, 3.05) is 11.9 Å². The van der Waals surface area contributed by atoms with Crippen LogP contribution in [0.4, 0.5) is 5.82 Å². The summed E-state index contributed by atoms with van der Waals surface area (Å²) in [6.45, 7) is 4.04. The zero-order valence-corrected chi connectivity index (χ0v) is 8.08. The van der Waals surface area contributed by atoms with Gasteiger partial charge in [-0.15, -0.1) is 6.58 Å². The number of aromatic nitrogens is 1. The topological polar surface area (TPSA) is 62.2 Å². The molecule has 1 heterocycles. The Labute approximate surface area is 86.2 Å². The zero-order chi connectivity index (χ0) is 10.6. The average Bonchev–Trinajstić information content (AvgIpc) is 2.16. The second kappa shape index (κ2) is 4.62. The van der Waals surface area contributed by atoms with Crippen LogP contribution in [0.3, 0.4) is 0 Å². The van der Waals surface area contributed by atoms with Crippen molar-refractivity contribution in [1.82, 2.24) is 4.98 Å². The first-order valence-corrected chi connectivity index (χ1v) is 4.27. The minimum atomic E-state index is -1.14. The lowest BCUT2D eigenvalue weighted by Crippen LogP contribution is -2.06. The van der Waals surface area contributed by atoms with E-state index < -0.39 is 5.97 Å². The van der Waals surface area contributed by atoms with Gasteiger partial charge in [-0.05, 0) is 12.1 Å². The van der Waals surface area contributed by atoms with Crippen LogP contribution in [0.25, 0.3) is 0 Å². The van der Waals surface area contributed by atoms with E-state index in [4.69, 9.17) is 16.7 Å². The lowest BCUT2D eigenvalue weighted by Gasteiger charge is -2.04. The van der Waals surface area contributed by atoms with E-state index in [1.165, 1.54) is 6.07 Å². The molecule has 0 aromatic carbocycles. The summed E-state index contributed by atoms with van der Waals surface area (Å²) < 4.78 is 0. The fraction of sp³-hybridized carbons (Fsp3) is 0.111. The normalized spacial score (nSPS) is 9.50. The summed E-state index contributed by atoms with van der Waals surface area (Å²) >= 11 is 5.63. The van der Waals surface area contributed by atoms with E-state index in [2.05, 4.69) is 16.9 Å². The molecule has 74 valence electrons. The predicted octanol–water partition coefficient (Wildman–Crippen LogP) is 2.03. The molecule has 0 spiro atoms. The van der Waals surface area contributed by atoms with Gasteiger partial charge < -0.3 is 10.4 Å². The highest BCUT2D eigenvalue weighted by atomic mass is 35.5. The van der Waals surface area contributed by atoms with E-state index >= 15 is 0 Å². The minimum absolute atomic E-state index is 0.127. The Bertz CT molecular complexity index is 366. The number of hydrogen-bond donors (Lipinski definition) is 2. The van der Waals surface area contributed by atoms with Crippen LogP contribution in [-0.2, 0) is 0 Å². The third kappa shape index (κ3) is 2.47. The fourth-order valence-corrected chi connectivity index (χ4v) is 1.05. The predicted molar refractivity (Wildman–Crippen MR) is 54.9 cm³/mol. The maximum atomic E-state index is 10.7. The van der Waals surface area contributed by atoms with Crippen LogP contribution in [-0.4, -0.2) is 22.6 Å². The highest BCUT2D eigenvalue weighted by Gasteiger charge is 2.10. The maximum absolute atomic E-state index is 10.7. The molecule has 0 radical (unpaired) electrons. The first kappa shape index (κ1) is 10.5. The number of carbonyl (C=O) groups is 1. The van der Waals surface area contributed by atoms with Crippen molar-refractivity contribution in [1.29, 1.82) is 0 Å². The molecule has 1 aromatic rings. The fourth-order valence-electron chi connectivity index (χ4n) is 0.867. The minimum Gasteiger partial charge on any atom is -0.476 e. The van der Waals surface area contributed by atoms with Gasteiger partial charge in [0, 0.05) is 6.54 Å². The van der Waals surface area contributed by atoms with Gasteiger partial charge >= 0.3 is 5.97 Å². The standard InChI is InChI=1S/C9H9ClN2O2/c1-2-5-11-7-4-3-6(10)8(12-7)9(13)14/h2-4H,1,5H2,(H,11,12)(H,13,14). The summed E-state index contributed by atoms with van der Waals surface area (Å²) in [6.07, 6.45) is 1.65. The molecule has 0 saturated carbocycles. The molecule has 0 bridgehead atoms. The Hall–Kier alpha value is -1.55. The second-order valence-electron chi connectivity index (χ2n) is 2.50. The lowest BCUT2D eigenvalue weighted by molar-refractivity contribution is 0.0691. The van der Waals surface area contributed by atoms with E-state index in [1.807, 2.05) is 0 Å². The number of carboxylic acid groups (broad SMARTS) is 1. The van der Waals surface area contributed by atoms with Crippen LogP contribution in [0.2, 0.25) is 5.02 Å². The van der Waals surface area contributed by atoms with Gasteiger partial charge in [-0.1, -0.05) is 17.7 Å². The van der Waals surface area contributed by atoms with E-state index in [0.29, 0.717) is 12.4 Å². The summed E-state index contributed by atoms with van der Waals surface area (Å²) in [6, 6.07) is 3.10. The van der Waals surface area contributed by atoms with Crippen molar-refractivity contribution >= 4 is 23.4 Å². The Balaban J connectivity index is 2.94. The van der Waals surface area contributed by atoms with E-state index in [9.17, 15) is 4.79 Å². The molecule has 0 amide bonds. The molecule has 1 rings (SSSR count). The maximum Gasteiger partial charge on any atom is 0.356 e. The zero-order valence-electron chi connectivity index (χ0n) is 7.33. The summed E-state index contributed by atoms with van der Waals surface area (Å²) in [5.74, 6) is -0.677. The average molecular weight is 213 g/mol. The molecule has 0 aliphatic rings. The smallest absolute Gasteiger partial charge is 0.356 e. The number of nitrogens with zero attached hydrogens (tertiary/aromatic N) is 1. The molecule has 0 fully saturated rings. The van der Waals surface area contributed by atoms with Crippen LogP contribution < -0.4 is 5.32 Å². The second-order valence-corrected chi connectivity index (χ2v) is 2.91. The molecule has 0 saturated heterocycles. The van der Waals surface area contributed by atoms with Gasteiger partial charge in [0.05, 0.1) is 5.02 Å². The molecule has 1 aromatic heterocycles. The monoisotopic (exact) mass is 212 g/mol. The number of rotatable bonds is 4. The molecule has 0 unspecified atom stereocenters. The van der Waals surface area contributed by atoms with Crippen molar-refractivity contribution in [3.63, 3.8) is 0 Å². The number of nitrogens with one attached hydrogen (secondary N) is 1. The van der Waals surface area contributed by atoms with E-state index in [-0.39, 0.29) is 10.7 Å². The number of anilines is 1. The molecule has 0 aliphatic heterocycles. The number of halogens is 1. The molecule has 2 N–H and O–H groups in total. The van der Waals surface area contributed by atoms with E-state index in [0.717, 1.165) is 0 Å². The van der Waals surface area contributed by atoms with Gasteiger partial charge in [0.25, 0.3) is 0 Å². The van der Waals surface area contributed by atoms with Crippen molar-refractivity contribution in [2.45, 2.75) is 0 Å².